The summed E-state index contributed by atoms with van der Waals surface area (Å²) in [5, 5.41) is 0. The Bertz CT molecular complexity index is 349. The Morgan fingerprint density at radius 3 is 2.11 bits per heavy atom. The highest BCUT2D eigenvalue weighted by Gasteiger charge is 2.45. The number of alkyl halides is 3. The van der Waals surface area contributed by atoms with Crippen molar-refractivity contribution in [3.63, 3.8) is 0 Å². The van der Waals surface area contributed by atoms with Crippen molar-refractivity contribution >= 4 is 23.1 Å². The van der Waals surface area contributed by atoms with E-state index in [0.717, 1.165) is 32.7 Å². The van der Waals surface area contributed by atoms with Crippen molar-refractivity contribution in [2.75, 3.05) is 13.6 Å². The number of thiocarbonyl (C=S) groups is 1. The fourth-order valence-electron chi connectivity index (χ4n) is 2.60. The Morgan fingerprint density at radius 2 is 1.74 bits per heavy atom. The molecule has 1 saturated carbocycles. The SMILES string of the molecule is CN(CC(F)(F)F)C(=O)C1(C(N)=S)CCCCCC1. The monoisotopic (exact) mass is 296 g/mol. The van der Waals surface area contributed by atoms with Crippen LogP contribution in [0, 0.1) is 5.41 Å². The van der Waals surface area contributed by atoms with E-state index in [1.807, 2.05) is 0 Å². The fourth-order valence-corrected chi connectivity index (χ4v) is 2.90. The topological polar surface area (TPSA) is 46.3 Å². The Balaban J connectivity index is 2.92. The lowest BCUT2D eigenvalue weighted by Crippen LogP contribution is -2.51. The number of carbonyl (C=O) groups is 1. The normalized spacial score (nSPS) is 19.6. The molecule has 3 nitrogen and oxygen atoms in total. The second-order valence-electron chi connectivity index (χ2n) is 5.14. The van der Waals surface area contributed by atoms with Crippen molar-refractivity contribution in [1.82, 2.24) is 4.90 Å². The van der Waals surface area contributed by atoms with Crippen LogP contribution in [-0.4, -0.2) is 35.6 Å². The molecule has 1 rings (SSSR count). The van der Waals surface area contributed by atoms with Gasteiger partial charge in [0, 0.05) is 7.05 Å². The largest absolute Gasteiger partial charge is 0.406 e. The van der Waals surface area contributed by atoms with Crippen LogP contribution < -0.4 is 5.73 Å². The van der Waals surface area contributed by atoms with Crippen LogP contribution in [0.5, 0.6) is 0 Å². The number of halogens is 3. The first-order chi connectivity index (χ1) is 8.69. The molecule has 7 heteroatoms. The van der Waals surface area contributed by atoms with E-state index < -0.39 is 24.0 Å². The zero-order valence-electron chi connectivity index (χ0n) is 10.9. The van der Waals surface area contributed by atoms with Crippen LogP contribution >= 0.6 is 12.2 Å². The smallest absolute Gasteiger partial charge is 0.392 e. The summed E-state index contributed by atoms with van der Waals surface area (Å²) in [6.07, 6.45) is -0.0631. The molecule has 1 aliphatic rings. The number of rotatable bonds is 3. The van der Waals surface area contributed by atoms with Gasteiger partial charge >= 0.3 is 6.18 Å². The molecule has 0 atom stereocenters. The van der Waals surface area contributed by atoms with Gasteiger partial charge in [-0.15, -0.1) is 0 Å². The molecule has 19 heavy (non-hydrogen) atoms. The molecular weight excluding hydrogens is 277 g/mol. The number of nitrogens with zero attached hydrogens (tertiary/aromatic N) is 1. The van der Waals surface area contributed by atoms with Crippen molar-refractivity contribution in [3.8, 4) is 0 Å². The van der Waals surface area contributed by atoms with Crippen molar-refractivity contribution < 1.29 is 18.0 Å². The Morgan fingerprint density at radius 1 is 1.26 bits per heavy atom. The predicted molar refractivity (Wildman–Crippen MR) is 70.6 cm³/mol. The van der Waals surface area contributed by atoms with Gasteiger partial charge in [-0.3, -0.25) is 4.79 Å². The molecule has 0 aromatic carbocycles. The molecule has 0 radical (unpaired) electrons. The molecule has 110 valence electrons. The molecule has 1 amide bonds. The Labute approximate surface area is 116 Å². The third-order valence-electron chi connectivity index (χ3n) is 3.60. The van der Waals surface area contributed by atoms with Gasteiger partial charge in [0.05, 0.1) is 10.4 Å². The van der Waals surface area contributed by atoms with Gasteiger partial charge in [-0.2, -0.15) is 13.2 Å². The zero-order chi connectivity index (χ0) is 14.7. The number of nitrogens with two attached hydrogens (primary N) is 1. The first-order valence-electron chi connectivity index (χ1n) is 6.31. The second kappa shape index (κ2) is 6.07. The Hall–Kier alpha value is -0.850. The summed E-state index contributed by atoms with van der Waals surface area (Å²) < 4.78 is 37.1. The summed E-state index contributed by atoms with van der Waals surface area (Å²) in [5.74, 6) is -0.598. The average molecular weight is 296 g/mol. The van der Waals surface area contributed by atoms with E-state index in [0.29, 0.717) is 17.7 Å². The van der Waals surface area contributed by atoms with Gasteiger partial charge in [-0.1, -0.05) is 37.9 Å². The molecule has 0 spiro atoms. The standard InChI is InChI=1S/C12H19F3N2OS/c1-17(8-12(13,14)15)10(18)11(9(16)19)6-4-2-3-5-7-11/h2-8H2,1H3,(H2,16,19). The maximum absolute atomic E-state index is 12.4. The van der Waals surface area contributed by atoms with Crippen LogP contribution in [0.15, 0.2) is 0 Å². The van der Waals surface area contributed by atoms with E-state index >= 15 is 0 Å². The number of carbonyl (C=O) groups excluding carboxylic acids is 1. The minimum absolute atomic E-state index is 0.0217. The van der Waals surface area contributed by atoms with Gasteiger partial charge in [0.15, 0.2) is 0 Å². The van der Waals surface area contributed by atoms with Gasteiger partial charge in [0.25, 0.3) is 0 Å². The van der Waals surface area contributed by atoms with E-state index in [1.165, 1.54) is 0 Å². The van der Waals surface area contributed by atoms with Crippen LogP contribution in [0.25, 0.3) is 0 Å². The summed E-state index contributed by atoms with van der Waals surface area (Å²) >= 11 is 4.97. The summed E-state index contributed by atoms with van der Waals surface area (Å²) in [6, 6.07) is 0. The van der Waals surface area contributed by atoms with Gasteiger partial charge in [0.1, 0.15) is 6.54 Å². The highest BCUT2D eigenvalue weighted by Crippen LogP contribution is 2.37. The van der Waals surface area contributed by atoms with E-state index in [-0.39, 0.29) is 4.99 Å². The average Bonchev–Trinajstić information content (AvgIpc) is 2.51. The summed E-state index contributed by atoms with van der Waals surface area (Å²) in [7, 11) is 1.15. The fraction of sp³-hybridized carbons (Fsp3) is 0.833. The molecule has 0 bridgehead atoms. The minimum Gasteiger partial charge on any atom is -0.392 e. The number of hydrogen-bond donors (Lipinski definition) is 1. The Kier molecular flexibility index (Phi) is 5.18. The molecule has 1 aliphatic carbocycles. The van der Waals surface area contributed by atoms with Gasteiger partial charge in [-0.05, 0) is 12.8 Å². The number of hydrogen-bond acceptors (Lipinski definition) is 2. The molecule has 1 fully saturated rings. The van der Waals surface area contributed by atoms with E-state index in [4.69, 9.17) is 18.0 Å². The van der Waals surface area contributed by atoms with Gasteiger partial charge < -0.3 is 10.6 Å². The molecule has 0 saturated heterocycles. The van der Waals surface area contributed by atoms with E-state index in [1.54, 1.807) is 0 Å². The summed E-state index contributed by atoms with van der Waals surface area (Å²) in [4.78, 5) is 13.1. The van der Waals surface area contributed by atoms with E-state index in [9.17, 15) is 18.0 Å². The zero-order valence-corrected chi connectivity index (χ0v) is 11.7. The third kappa shape index (κ3) is 4.06. The van der Waals surface area contributed by atoms with Gasteiger partial charge in [-0.25, -0.2) is 0 Å². The third-order valence-corrected chi connectivity index (χ3v) is 3.99. The molecule has 0 heterocycles. The van der Waals surface area contributed by atoms with Crippen LogP contribution in [-0.2, 0) is 4.79 Å². The maximum atomic E-state index is 12.4. The highest BCUT2D eigenvalue weighted by atomic mass is 32.1. The van der Waals surface area contributed by atoms with Gasteiger partial charge in [0.2, 0.25) is 5.91 Å². The van der Waals surface area contributed by atoms with Crippen LogP contribution in [0.2, 0.25) is 0 Å². The molecule has 0 aliphatic heterocycles. The quantitative estimate of drug-likeness (QED) is 0.643. The lowest BCUT2D eigenvalue weighted by molar-refractivity contribution is -0.163. The molecular formula is C12H19F3N2OS. The lowest BCUT2D eigenvalue weighted by atomic mass is 9.79. The van der Waals surface area contributed by atoms with E-state index in [2.05, 4.69) is 0 Å². The maximum Gasteiger partial charge on any atom is 0.406 e. The molecule has 0 aromatic heterocycles. The van der Waals surface area contributed by atoms with Crippen molar-refractivity contribution in [3.05, 3.63) is 0 Å². The second-order valence-corrected chi connectivity index (χ2v) is 5.58. The van der Waals surface area contributed by atoms with Crippen molar-refractivity contribution in [2.45, 2.75) is 44.7 Å². The summed E-state index contributed by atoms with van der Waals surface area (Å²) in [5.41, 5.74) is 4.59. The van der Waals surface area contributed by atoms with Crippen LogP contribution in [0.1, 0.15) is 38.5 Å². The van der Waals surface area contributed by atoms with Crippen LogP contribution in [0.4, 0.5) is 13.2 Å². The molecule has 2 N–H and O–H groups in total. The summed E-state index contributed by atoms with van der Waals surface area (Å²) in [6.45, 7) is -1.27. The lowest BCUT2D eigenvalue weighted by Gasteiger charge is -2.34. The first-order valence-corrected chi connectivity index (χ1v) is 6.72. The minimum atomic E-state index is -4.41. The first kappa shape index (κ1) is 16.2. The van der Waals surface area contributed by atoms with Crippen molar-refractivity contribution in [2.24, 2.45) is 11.1 Å². The predicted octanol–water partition coefficient (Wildman–Crippen LogP) is 2.63. The number of amides is 1. The molecule has 0 unspecified atom stereocenters. The highest BCUT2D eigenvalue weighted by molar-refractivity contribution is 7.80. The molecule has 0 aromatic rings. The van der Waals surface area contributed by atoms with Crippen molar-refractivity contribution in [1.29, 1.82) is 0 Å². The van der Waals surface area contributed by atoms with Crippen LogP contribution in [0.3, 0.4) is 0 Å².